The topological polar surface area (TPSA) is 83.6 Å². The standard InChI is InChI=1S/C19H14N2O3/c20-13-6-4-11(5-7-13)10-21-18(23)15-3-1-2-12-8-14(22)9-16(17(12)15)19(21)24/h1-9,22H,10,20H2. The SMILES string of the molecule is Nc1ccc(CN2C(=O)c3cccc4cc(O)cc(c34)C2=O)cc1. The molecular weight excluding hydrogens is 304 g/mol. The van der Waals surface area contributed by atoms with E-state index in [1.54, 1.807) is 48.5 Å². The molecule has 1 aliphatic heterocycles. The molecular formula is C19H14N2O3. The third-order valence-electron chi connectivity index (χ3n) is 4.23. The molecule has 0 saturated carbocycles. The Kier molecular flexibility index (Phi) is 3.03. The molecule has 0 fully saturated rings. The third-order valence-corrected chi connectivity index (χ3v) is 4.23. The van der Waals surface area contributed by atoms with E-state index in [9.17, 15) is 14.7 Å². The second-order valence-electron chi connectivity index (χ2n) is 5.84. The summed E-state index contributed by atoms with van der Waals surface area (Å²) < 4.78 is 0. The van der Waals surface area contributed by atoms with E-state index in [0.29, 0.717) is 27.6 Å². The molecule has 0 radical (unpaired) electrons. The first-order valence-corrected chi connectivity index (χ1v) is 7.51. The zero-order valence-electron chi connectivity index (χ0n) is 12.7. The smallest absolute Gasteiger partial charge is 0.261 e. The number of anilines is 1. The van der Waals surface area contributed by atoms with Gasteiger partial charge in [-0.25, -0.2) is 0 Å². The molecule has 0 atom stereocenters. The maximum atomic E-state index is 12.8. The van der Waals surface area contributed by atoms with Crippen molar-refractivity contribution in [1.82, 2.24) is 4.90 Å². The first-order chi connectivity index (χ1) is 11.5. The maximum Gasteiger partial charge on any atom is 0.261 e. The molecule has 4 rings (SSSR count). The molecule has 24 heavy (non-hydrogen) atoms. The van der Waals surface area contributed by atoms with Crippen LogP contribution in [0.15, 0.2) is 54.6 Å². The lowest BCUT2D eigenvalue weighted by molar-refractivity contribution is 0.0598. The summed E-state index contributed by atoms with van der Waals surface area (Å²) in [6, 6.07) is 15.2. The molecule has 5 nitrogen and oxygen atoms in total. The van der Waals surface area contributed by atoms with Gasteiger partial charge >= 0.3 is 0 Å². The number of carbonyl (C=O) groups excluding carboxylic acids is 2. The van der Waals surface area contributed by atoms with Gasteiger partial charge in [0.05, 0.1) is 12.1 Å². The van der Waals surface area contributed by atoms with Crippen LogP contribution in [0.4, 0.5) is 5.69 Å². The van der Waals surface area contributed by atoms with E-state index in [2.05, 4.69) is 0 Å². The van der Waals surface area contributed by atoms with E-state index in [-0.39, 0.29) is 18.2 Å². The molecule has 0 aromatic heterocycles. The molecule has 3 N–H and O–H groups in total. The molecule has 0 saturated heterocycles. The highest BCUT2D eigenvalue weighted by Gasteiger charge is 2.33. The van der Waals surface area contributed by atoms with Crippen LogP contribution in [0.5, 0.6) is 5.75 Å². The fourth-order valence-corrected chi connectivity index (χ4v) is 3.09. The van der Waals surface area contributed by atoms with Gasteiger partial charge in [0, 0.05) is 16.6 Å². The average Bonchev–Trinajstić information content (AvgIpc) is 2.57. The van der Waals surface area contributed by atoms with Crippen LogP contribution < -0.4 is 5.73 Å². The van der Waals surface area contributed by atoms with Crippen molar-refractivity contribution in [2.24, 2.45) is 0 Å². The lowest BCUT2D eigenvalue weighted by Gasteiger charge is -2.27. The van der Waals surface area contributed by atoms with Gasteiger partial charge in [0.25, 0.3) is 11.8 Å². The van der Waals surface area contributed by atoms with Crippen LogP contribution in [0.3, 0.4) is 0 Å². The minimum Gasteiger partial charge on any atom is -0.508 e. The molecule has 2 amide bonds. The van der Waals surface area contributed by atoms with E-state index in [1.165, 1.54) is 11.0 Å². The second-order valence-corrected chi connectivity index (χ2v) is 5.84. The van der Waals surface area contributed by atoms with Crippen molar-refractivity contribution in [2.45, 2.75) is 6.54 Å². The highest BCUT2D eigenvalue weighted by atomic mass is 16.3. The van der Waals surface area contributed by atoms with Crippen LogP contribution in [0, 0.1) is 0 Å². The maximum absolute atomic E-state index is 12.8. The number of nitrogens with two attached hydrogens (primary N) is 1. The van der Waals surface area contributed by atoms with Crippen LogP contribution in [-0.2, 0) is 6.54 Å². The molecule has 0 bridgehead atoms. The van der Waals surface area contributed by atoms with Crippen molar-refractivity contribution < 1.29 is 14.7 Å². The Hall–Kier alpha value is -3.34. The van der Waals surface area contributed by atoms with Crippen LogP contribution >= 0.6 is 0 Å². The van der Waals surface area contributed by atoms with E-state index in [4.69, 9.17) is 5.73 Å². The molecule has 1 heterocycles. The number of phenols is 1. The number of imide groups is 1. The summed E-state index contributed by atoms with van der Waals surface area (Å²) in [5.41, 5.74) is 7.91. The molecule has 3 aromatic carbocycles. The Morgan fingerprint density at radius 1 is 0.917 bits per heavy atom. The number of hydrogen-bond acceptors (Lipinski definition) is 4. The average molecular weight is 318 g/mol. The van der Waals surface area contributed by atoms with Gasteiger partial charge in [-0.1, -0.05) is 24.3 Å². The molecule has 0 aliphatic carbocycles. The van der Waals surface area contributed by atoms with Gasteiger partial charge in [-0.3, -0.25) is 14.5 Å². The summed E-state index contributed by atoms with van der Waals surface area (Å²) in [7, 11) is 0. The number of aromatic hydroxyl groups is 1. The molecule has 0 unspecified atom stereocenters. The number of rotatable bonds is 2. The van der Waals surface area contributed by atoms with E-state index in [0.717, 1.165) is 5.56 Å². The van der Waals surface area contributed by atoms with Crippen molar-refractivity contribution >= 4 is 28.3 Å². The first-order valence-electron chi connectivity index (χ1n) is 7.51. The normalized spacial score (nSPS) is 13.6. The minimum absolute atomic E-state index is 0.00443. The van der Waals surface area contributed by atoms with Crippen molar-refractivity contribution in [1.29, 1.82) is 0 Å². The number of phenolic OH excluding ortho intramolecular Hbond substituents is 1. The van der Waals surface area contributed by atoms with E-state index >= 15 is 0 Å². The predicted molar refractivity (Wildman–Crippen MR) is 90.7 cm³/mol. The summed E-state index contributed by atoms with van der Waals surface area (Å²) in [4.78, 5) is 26.8. The van der Waals surface area contributed by atoms with Crippen LogP contribution in [0.1, 0.15) is 26.3 Å². The monoisotopic (exact) mass is 318 g/mol. The van der Waals surface area contributed by atoms with Gasteiger partial charge in [0.15, 0.2) is 0 Å². The fourth-order valence-electron chi connectivity index (χ4n) is 3.09. The Morgan fingerprint density at radius 3 is 2.38 bits per heavy atom. The Bertz CT molecular complexity index is 993. The predicted octanol–water partition coefficient (Wildman–Crippen LogP) is 2.92. The zero-order valence-corrected chi connectivity index (χ0v) is 12.7. The van der Waals surface area contributed by atoms with Crippen molar-refractivity contribution in [3.63, 3.8) is 0 Å². The number of amides is 2. The summed E-state index contributed by atoms with van der Waals surface area (Å²) in [5, 5.41) is 11.2. The summed E-state index contributed by atoms with van der Waals surface area (Å²) in [5.74, 6) is -0.734. The summed E-state index contributed by atoms with van der Waals surface area (Å²) in [6.07, 6.45) is 0. The zero-order chi connectivity index (χ0) is 16.8. The van der Waals surface area contributed by atoms with Gasteiger partial charge in [-0.05, 0) is 41.3 Å². The van der Waals surface area contributed by atoms with Crippen molar-refractivity contribution in [3.8, 4) is 5.75 Å². The van der Waals surface area contributed by atoms with Crippen molar-refractivity contribution in [2.75, 3.05) is 5.73 Å². The van der Waals surface area contributed by atoms with Gasteiger partial charge in [-0.2, -0.15) is 0 Å². The highest BCUT2D eigenvalue weighted by Crippen LogP contribution is 2.33. The number of carbonyl (C=O) groups is 2. The number of nitrogens with zero attached hydrogens (tertiary/aromatic N) is 1. The first kappa shape index (κ1) is 14.3. The minimum atomic E-state index is -0.406. The Morgan fingerprint density at radius 2 is 1.62 bits per heavy atom. The van der Waals surface area contributed by atoms with Crippen molar-refractivity contribution in [3.05, 3.63) is 71.3 Å². The van der Waals surface area contributed by atoms with Crippen LogP contribution in [0.25, 0.3) is 10.8 Å². The lowest BCUT2D eigenvalue weighted by atomic mass is 9.93. The van der Waals surface area contributed by atoms with Gasteiger partial charge in [0.1, 0.15) is 5.75 Å². The van der Waals surface area contributed by atoms with E-state index in [1.807, 2.05) is 0 Å². The van der Waals surface area contributed by atoms with Crippen LogP contribution in [0.2, 0.25) is 0 Å². The van der Waals surface area contributed by atoms with Gasteiger partial charge in [0.2, 0.25) is 0 Å². The van der Waals surface area contributed by atoms with Gasteiger partial charge < -0.3 is 10.8 Å². The summed E-state index contributed by atoms with van der Waals surface area (Å²) >= 11 is 0. The Labute approximate surface area is 137 Å². The van der Waals surface area contributed by atoms with E-state index < -0.39 is 5.91 Å². The molecule has 118 valence electrons. The third kappa shape index (κ3) is 2.10. The lowest BCUT2D eigenvalue weighted by Crippen LogP contribution is -2.39. The molecule has 5 heteroatoms. The highest BCUT2D eigenvalue weighted by molar-refractivity contribution is 6.25. The van der Waals surface area contributed by atoms with Crippen LogP contribution in [-0.4, -0.2) is 21.8 Å². The quantitative estimate of drug-likeness (QED) is 0.562. The Balaban J connectivity index is 1.83. The fraction of sp³-hybridized carbons (Fsp3) is 0.0526. The largest absolute Gasteiger partial charge is 0.508 e. The molecule has 1 aliphatic rings. The number of nitrogen functional groups attached to an aromatic ring is 1. The summed E-state index contributed by atoms with van der Waals surface area (Å²) in [6.45, 7) is 0.156. The second kappa shape index (κ2) is 5.09. The number of hydrogen-bond donors (Lipinski definition) is 2. The molecule has 3 aromatic rings. The van der Waals surface area contributed by atoms with Gasteiger partial charge in [-0.15, -0.1) is 0 Å². The number of benzene rings is 3. The molecule has 0 spiro atoms.